The summed E-state index contributed by atoms with van der Waals surface area (Å²) in [5.41, 5.74) is 1.54. The molecule has 1 aliphatic heterocycles. The van der Waals surface area contributed by atoms with E-state index < -0.39 is 6.23 Å². The molecule has 0 radical (unpaired) electrons. The van der Waals surface area contributed by atoms with Gasteiger partial charge in [-0.15, -0.1) is 0 Å². The summed E-state index contributed by atoms with van der Waals surface area (Å²) in [6.45, 7) is 0.419. The van der Waals surface area contributed by atoms with Crippen LogP contribution in [0.3, 0.4) is 0 Å². The van der Waals surface area contributed by atoms with Crippen LogP contribution >= 0.6 is 0 Å². The average molecular weight is 430 g/mol. The van der Waals surface area contributed by atoms with Crippen LogP contribution in [-0.2, 0) is 18.9 Å². The molecule has 0 saturated carbocycles. The monoisotopic (exact) mass is 431 g/mol. The second-order valence-electron chi connectivity index (χ2n) is 6.17. The molecule has 1 aliphatic rings. The Labute approximate surface area is 159 Å². The Balaban J connectivity index is 2.08. The summed E-state index contributed by atoms with van der Waals surface area (Å²) >= 11 is 0.190. The fourth-order valence-corrected chi connectivity index (χ4v) is 4.25. The zero-order valence-corrected chi connectivity index (χ0v) is 17.6. The molecule has 3 heterocycles. The number of anilines is 1. The Hall–Kier alpha value is -1.29. The van der Waals surface area contributed by atoms with Crippen molar-refractivity contribution >= 4 is 36.7 Å². The predicted molar refractivity (Wildman–Crippen MR) is 98.3 cm³/mol. The molecule has 2 aromatic rings. The van der Waals surface area contributed by atoms with Crippen molar-refractivity contribution in [1.82, 2.24) is 19.5 Å². The van der Waals surface area contributed by atoms with Crippen LogP contribution in [-0.4, -0.2) is 94.8 Å². The molecular weight excluding hydrogens is 405 g/mol. The van der Waals surface area contributed by atoms with E-state index in [-0.39, 0.29) is 33.3 Å². The molecule has 3 rings (SSSR count). The predicted octanol–water partition coefficient (Wildman–Crippen LogP) is -0.156. The van der Waals surface area contributed by atoms with Crippen LogP contribution in [0.1, 0.15) is 6.23 Å². The fraction of sp³-hybridized carbons (Fsp3) is 0.688. The molecule has 0 aromatic carbocycles. The van der Waals surface area contributed by atoms with Crippen molar-refractivity contribution < 1.29 is 18.9 Å². The number of aromatic nitrogens is 4. The van der Waals surface area contributed by atoms with Crippen LogP contribution < -0.4 is 9.49 Å². The van der Waals surface area contributed by atoms with Gasteiger partial charge in [-0.1, -0.05) is 0 Å². The van der Waals surface area contributed by atoms with E-state index in [4.69, 9.17) is 23.9 Å². The number of methoxy groups -OCH3 is 3. The molecule has 1 saturated heterocycles. The van der Waals surface area contributed by atoms with Gasteiger partial charge in [0.15, 0.2) is 0 Å². The van der Waals surface area contributed by atoms with Gasteiger partial charge in [0.25, 0.3) is 0 Å². The summed E-state index contributed by atoms with van der Waals surface area (Å²) in [6, 6.07) is 0. The van der Waals surface area contributed by atoms with Gasteiger partial charge in [-0.05, 0) is 0 Å². The summed E-state index contributed by atoms with van der Waals surface area (Å²) in [5.74, 6) is 2.77. The third kappa shape index (κ3) is 3.33. The van der Waals surface area contributed by atoms with Gasteiger partial charge >= 0.3 is 159 Å². The zero-order chi connectivity index (χ0) is 18.8. The standard InChI is InChI=1S/C16H25N5O4Se/c1-20(2)16-18-13-10(14(19-16)26-6)17-8-21(13)15-12(24-5)11(23-4)9(25-15)7-22-3/h8-9,11-12,15H,7H2,1-6H3/t9-,11-,12-,15-/m1/s1. The third-order valence-electron chi connectivity index (χ3n) is 4.41. The van der Waals surface area contributed by atoms with Crippen LogP contribution in [0.15, 0.2) is 6.33 Å². The Bertz CT molecular complexity index is 756. The van der Waals surface area contributed by atoms with E-state index in [9.17, 15) is 0 Å². The topological polar surface area (TPSA) is 83.8 Å². The van der Waals surface area contributed by atoms with Crippen molar-refractivity contribution in [1.29, 1.82) is 0 Å². The van der Waals surface area contributed by atoms with E-state index in [1.54, 1.807) is 27.7 Å². The van der Waals surface area contributed by atoms with Crippen molar-refractivity contribution in [3.63, 3.8) is 0 Å². The second kappa shape index (κ2) is 8.16. The molecule has 144 valence electrons. The van der Waals surface area contributed by atoms with E-state index in [2.05, 4.69) is 15.8 Å². The minimum atomic E-state index is -0.405. The van der Waals surface area contributed by atoms with E-state index >= 15 is 0 Å². The second-order valence-corrected chi connectivity index (χ2v) is 7.84. The molecule has 0 amide bonds. The molecule has 0 aliphatic carbocycles. The van der Waals surface area contributed by atoms with Crippen molar-refractivity contribution in [2.75, 3.05) is 46.9 Å². The number of fused-ring (bicyclic) bond motifs is 1. The Morgan fingerprint density at radius 1 is 1.19 bits per heavy atom. The van der Waals surface area contributed by atoms with Gasteiger partial charge in [0.1, 0.15) is 0 Å². The van der Waals surface area contributed by atoms with Crippen molar-refractivity contribution in [3.8, 4) is 0 Å². The van der Waals surface area contributed by atoms with Crippen molar-refractivity contribution in [3.05, 3.63) is 6.33 Å². The molecule has 4 atom stereocenters. The van der Waals surface area contributed by atoms with E-state index in [1.165, 1.54) is 0 Å². The van der Waals surface area contributed by atoms with Gasteiger partial charge < -0.3 is 0 Å². The van der Waals surface area contributed by atoms with Gasteiger partial charge in [-0.2, -0.15) is 0 Å². The maximum atomic E-state index is 6.21. The summed E-state index contributed by atoms with van der Waals surface area (Å²) in [6.07, 6.45) is 0.560. The Morgan fingerprint density at radius 2 is 1.92 bits per heavy atom. The Kier molecular flexibility index (Phi) is 6.11. The number of imidazole rings is 1. The first-order chi connectivity index (χ1) is 12.5. The van der Waals surface area contributed by atoms with Crippen LogP contribution in [0.25, 0.3) is 11.2 Å². The number of ether oxygens (including phenoxy) is 4. The summed E-state index contributed by atoms with van der Waals surface area (Å²) in [7, 11) is 8.80. The zero-order valence-electron chi connectivity index (χ0n) is 15.9. The van der Waals surface area contributed by atoms with Crippen LogP contribution in [0.4, 0.5) is 5.95 Å². The molecule has 1 fully saturated rings. The number of hydrogen-bond acceptors (Lipinski definition) is 8. The van der Waals surface area contributed by atoms with Crippen LogP contribution in [0, 0.1) is 0 Å². The molecule has 9 nitrogen and oxygen atoms in total. The van der Waals surface area contributed by atoms with E-state index in [1.807, 2.05) is 23.6 Å². The normalized spacial score (nSPS) is 25.9. The quantitative estimate of drug-likeness (QED) is 0.561. The van der Waals surface area contributed by atoms with Gasteiger partial charge in [-0.3, -0.25) is 0 Å². The van der Waals surface area contributed by atoms with Gasteiger partial charge in [-0.25, -0.2) is 0 Å². The average Bonchev–Trinajstić information content (AvgIpc) is 3.21. The first kappa shape index (κ1) is 19.5. The number of rotatable bonds is 7. The molecule has 10 heteroatoms. The van der Waals surface area contributed by atoms with E-state index in [0.29, 0.717) is 12.6 Å². The molecule has 0 N–H and O–H groups in total. The Morgan fingerprint density at radius 3 is 2.50 bits per heavy atom. The first-order valence-electron chi connectivity index (χ1n) is 8.21. The molecule has 0 unspecified atom stereocenters. The third-order valence-corrected chi connectivity index (χ3v) is 5.81. The number of hydrogen-bond donors (Lipinski definition) is 0. The maximum absolute atomic E-state index is 6.21. The summed E-state index contributed by atoms with van der Waals surface area (Å²) in [5, 5.41) is 0. The summed E-state index contributed by atoms with van der Waals surface area (Å²) < 4.78 is 25.7. The van der Waals surface area contributed by atoms with Crippen molar-refractivity contribution in [2.45, 2.75) is 30.4 Å². The van der Waals surface area contributed by atoms with Crippen LogP contribution in [0.5, 0.6) is 0 Å². The van der Waals surface area contributed by atoms with Gasteiger partial charge in [0.2, 0.25) is 0 Å². The number of nitrogens with zero attached hydrogens (tertiary/aromatic N) is 5. The summed E-state index contributed by atoms with van der Waals surface area (Å²) in [4.78, 5) is 15.8. The SMILES string of the molecule is COC[C@H]1O[C@@H](n2cnc3c([Se]C)nc(N(C)C)nc32)[C@H](OC)[C@@H]1OC. The molecule has 0 bridgehead atoms. The molecule has 26 heavy (non-hydrogen) atoms. The van der Waals surface area contributed by atoms with Gasteiger partial charge in [0.05, 0.1) is 0 Å². The molecule has 2 aromatic heterocycles. The van der Waals surface area contributed by atoms with Gasteiger partial charge in [0, 0.05) is 0 Å². The molecule has 0 spiro atoms. The van der Waals surface area contributed by atoms with Crippen LogP contribution in [0.2, 0.25) is 5.82 Å². The first-order valence-corrected chi connectivity index (χ1v) is 10.8. The fourth-order valence-electron chi connectivity index (χ4n) is 3.17. The molecular formula is C16H25N5O4Se. The van der Waals surface area contributed by atoms with Crippen molar-refractivity contribution in [2.24, 2.45) is 0 Å². The minimum absolute atomic E-state index is 0.190. The van der Waals surface area contributed by atoms with E-state index in [0.717, 1.165) is 15.8 Å².